The van der Waals surface area contributed by atoms with E-state index in [2.05, 4.69) is 15.4 Å². The average Bonchev–Trinajstić information content (AvgIpc) is 2.58. The van der Waals surface area contributed by atoms with Crippen LogP contribution in [0.1, 0.15) is 16.1 Å². The van der Waals surface area contributed by atoms with Crippen LogP contribution in [-0.4, -0.2) is 20.7 Å². The Bertz CT molecular complexity index is 861. The number of aromatic nitrogens is 3. The van der Waals surface area contributed by atoms with Crippen LogP contribution in [0.3, 0.4) is 0 Å². The molecular formula is C17H14N4O2. The van der Waals surface area contributed by atoms with Crippen LogP contribution in [0, 0.1) is 0 Å². The second-order valence-electron chi connectivity index (χ2n) is 4.89. The Hall–Kier alpha value is -3.28. The fraction of sp³-hybridized carbons (Fsp3) is 0.0588. The van der Waals surface area contributed by atoms with Crippen molar-refractivity contribution in [1.29, 1.82) is 0 Å². The van der Waals surface area contributed by atoms with Gasteiger partial charge in [-0.15, -0.1) is 0 Å². The third-order valence-electron chi connectivity index (χ3n) is 3.21. The smallest absolute Gasteiger partial charge is 0.276 e. The maximum atomic E-state index is 12.2. The summed E-state index contributed by atoms with van der Waals surface area (Å²) >= 11 is 0. The van der Waals surface area contributed by atoms with Crippen LogP contribution in [0.25, 0.3) is 0 Å². The third-order valence-corrected chi connectivity index (χ3v) is 3.21. The second kappa shape index (κ2) is 6.65. The molecule has 0 saturated heterocycles. The van der Waals surface area contributed by atoms with Crippen molar-refractivity contribution in [2.24, 2.45) is 0 Å². The zero-order valence-electron chi connectivity index (χ0n) is 12.2. The highest BCUT2D eigenvalue weighted by molar-refractivity contribution is 6.02. The van der Waals surface area contributed by atoms with Gasteiger partial charge in [0.05, 0.1) is 6.54 Å². The first-order valence-electron chi connectivity index (χ1n) is 7.06. The largest absolute Gasteiger partial charge is 0.321 e. The monoisotopic (exact) mass is 306 g/mol. The summed E-state index contributed by atoms with van der Waals surface area (Å²) in [5.74, 6) is -0.361. The number of benzene rings is 1. The number of carbonyl (C=O) groups is 1. The highest BCUT2D eigenvalue weighted by atomic mass is 16.2. The number of hydrogen-bond acceptors (Lipinski definition) is 4. The van der Waals surface area contributed by atoms with Crippen LogP contribution in [-0.2, 0) is 6.54 Å². The summed E-state index contributed by atoms with van der Waals surface area (Å²) in [5, 5.41) is 6.88. The second-order valence-corrected chi connectivity index (χ2v) is 4.89. The van der Waals surface area contributed by atoms with E-state index in [1.165, 1.54) is 16.8 Å². The molecule has 2 aromatic heterocycles. The molecule has 0 unspecified atom stereocenters. The Labute approximate surface area is 132 Å². The molecule has 0 atom stereocenters. The van der Waals surface area contributed by atoms with Crippen molar-refractivity contribution >= 4 is 11.6 Å². The summed E-state index contributed by atoms with van der Waals surface area (Å²) in [7, 11) is 0. The zero-order valence-corrected chi connectivity index (χ0v) is 12.2. The van der Waals surface area contributed by atoms with Gasteiger partial charge in [-0.05, 0) is 35.9 Å². The first-order chi connectivity index (χ1) is 11.2. The molecule has 0 aliphatic heterocycles. The van der Waals surface area contributed by atoms with Crippen LogP contribution < -0.4 is 10.9 Å². The van der Waals surface area contributed by atoms with Gasteiger partial charge in [-0.25, -0.2) is 4.68 Å². The Balaban J connectivity index is 1.82. The van der Waals surface area contributed by atoms with Crippen LogP contribution in [0.4, 0.5) is 5.69 Å². The predicted octanol–water partition coefficient (Wildman–Crippen LogP) is 1.94. The number of pyridine rings is 1. The Morgan fingerprint density at radius 1 is 1.00 bits per heavy atom. The van der Waals surface area contributed by atoms with Crippen molar-refractivity contribution in [2.75, 3.05) is 5.32 Å². The van der Waals surface area contributed by atoms with Gasteiger partial charge < -0.3 is 5.32 Å². The molecule has 0 saturated carbocycles. The summed E-state index contributed by atoms with van der Waals surface area (Å²) in [5.41, 5.74) is 1.47. The highest BCUT2D eigenvalue weighted by Crippen LogP contribution is 2.07. The molecule has 3 aromatic rings. The van der Waals surface area contributed by atoms with E-state index in [1.807, 2.05) is 18.2 Å². The Kier molecular flexibility index (Phi) is 4.24. The topological polar surface area (TPSA) is 76.9 Å². The molecule has 6 nitrogen and oxygen atoms in total. The minimum Gasteiger partial charge on any atom is -0.321 e. The summed E-state index contributed by atoms with van der Waals surface area (Å²) in [6.45, 7) is 0.286. The number of nitrogens with one attached hydrogen (secondary N) is 1. The third kappa shape index (κ3) is 3.68. The molecule has 1 amide bonds. The molecule has 114 valence electrons. The van der Waals surface area contributed by atoms with Crippen molar-refractivity contribution in [1.82, 2.24) is 14.8 Å². The number of anilines is 1. The van der Waals surface area contributed by atoms with Crippen LogP contribution in [0.15, 0.2) is 71.8 Å². The Morgan fingerprint density at radius 2 is 1.74 bits per heavy atom. The average molecular weight is 306 g/mol. The number of hydrogen-bond donors (Lipinski definition) is 1. The standard InChI is InChI=1S/C17H14N4O2/c22-16-7-6-15(17(23)19-14-4-2-1-3-5-14)20-21(16)12-13-8-10-18-11-9-13/h1-11H,12H2,(H,19,23). The highest BCUT2D eigenvalue weighted by Gasteiger charge is 2.10. The van der Waals surface area contributed by atoms with Gasteiger partial charge in [-0.3, -0.25) is 14.6 Å². The van der Waals surface area contributed by atoms with Gasteiger partial charge in [-0.2, -0.15) is 5.10 Å². The minimum atomic E-state index is -0.361. The van der Waals surface area contributed by atoms with E-state index in [9.17, 15) is 9.59 Å². The SMILES string of the molecule is O=C(Nc1ccccc1)c1ccc(=O)n(Cc2ccncc2)n1. The van der Waals surface area contributed by atoms with E-state index in [1.54, 1.807) is 36.7 Å². The molecule has 0 spiro atoms. The summed E-state index contributed by atoms with van der Waals surface area (Å²) < 4.78 is 1.26. The van der Waals surface area contributed by atoms with Crippen molar-refractivity contribution in [3.63, 3.8) is 0 Å². The van der Waals surface area contributed by atoms with E-state index in [4.69, 9.17) is 0 Å². The quantitative estimate of drug-likeness (QED) is 0.799. The Morgan fingerprint density at radius 3 is 2.48 bits per heavy atom. The molecule has 0 radical (unpaired) electrons. The van der Waals surface area contributed by atoms with E-state index < -0.39 is 0 Å². The molecule has 3 rings (SSSR count). The number of rotatable bonds is 4. The van der Waals surface area contributed by atoms with Gasteiger partial charge in [-0.1, -0.05) is 18.2 Å². The van der Waals surface area contributed by atoms with E-state index in [0.29, 0.717) is 5.69 Å². The van der Waals surface area contributed by atoms with Gasteiger partial charge in [0.15, 0.2) is 0 Å². The van der Waals surface area contributed by atoms with Crippen LogP contribution in [0.2, 0.25) is 0 Å². The predicted molar refractivity (Wildman–Crippen MR) is 86.2 cm³/mol. The normalized spacial score (nSPS) is 10.3. The van der Waals surface area contributed by atoms with Gasteiger partial charge in [0.25, 0.3) is 11.5 Å². The number of para-hydroxylation sites is 1. The summed E-state index contributed by atoms with van der Waals surface area (Å²) in [6.07, 6.45) is 3.29. The molecule has 0 fully saturated rings. The first kappa shape index (κ1) is 14.6. The van der Waals surface area contributed by atoms with Crippen molar-refractivity contribution < 1.29 is 4.79 Å². The van der Waals surface area contributed by atoms with Gasteiger partial charge in [0.1, 0.15) is 5.69 Å². The van der Waals surface area contributed by atoms with Crippen molar-refractivity contribution in [2.45, 2.75) is 6.54 Å². The molecule has 0 aliphatic carbocycles. The maximum Gasteiger partial charge on any atom is 0.276 e. The van der Waals surface area contributed by atoms with Crippen molar-refractivity contribution in [3.05, 3.63) is 88.6 Å². The lowest BCUT2D eigenvalue weighted by Crippen LogP contribution is -2.26. The van der Waals surface area contributed by atoms with Crippen molar-refractivity contribution in [3.8, 4) is 0 Å². The van der Waals surface area contributed by atoms with Gasteiger partial charge in [0.2, 0.25) is 0 Å². The van der Waals surface area contributed by atoms with Gasteiger partial charge in [0, 0.05) is 24.1 Å². The molecule has 1 N–H and O–H groups in total. The van der Waals surface area contributed by atoms with Crippen LogP contribution in [0.5, 0.6) is 0 Å². The van der Waals surface area contributed by atoms with Crippen LogP contribution >= 0.6 is 0 Å². The lowest BCUT2D eigenvalue weighted by atomic mass is 10.2. The summed E-state index contributed by atoms with van der Waals surface area (Å²) in [4.78, 5) is 28.1. The van der Waals surface area contributed by atoms with E-state index in [0.717, 1.165) is 5.56 Å². The molecule has 23 heavy (non-hydrogen) atoms. The molecule has 6 heteroatoms. The number of nitrogens with zero attached hydrogens (tertiary/aromatic N) is 3. The molecule has 1 aromatic carbocycles. The minimum absolute atomic E-state index is 0.183. The molecule has 2 heterocycles. The van der Waals surface area contributed by atoms with Gasteiger partial charge >= 0.3 is 0 Å². The maximum absolute atomic E-state index is 12.2. The molecule has 0 bridgehead atoms. The zero-order chi connectivity index (χ0) is 16.1. The number of carbonyl (C=O) groups excluding carboxylic acids is 1. The summed E-state index contributed by atoms with van der Waals surface area (Å²) in [6, 6.07) is 15.4. The fourth-order valence-corrected chi connectivity index (χ4v) is 2.06. The number of amides is 1. The lowest BCUT2D eigenvalue weighted by molar-refractivity contribution is 0.102. The molecule has 0 aliphatic rings. The molecular weight excluding hydrogens is 292 g/mol. The fourth-order valence-electron chi connectivity index (χ4n) is 2.06. The lowest BCUT2D eigenvalue weighted by Gasteiger charge is -2.08. The van der Waals surface area contributed by atoms with E-state index >= 15 is 0 Å². The first-order valence-corrected chi connectivity index (χ1v) is 7.06. The van der Waals surface area contributed by atoms with E-state index in [-0.39, 0.29) is 23.7 Å².